The van der Waals surface area contributed by atoms with Crippen molar-refractivity contribution in [2.75, 3.05) is 10.6 Å². The van der Waals surface area contributed by atoms with Gasteiger partial charge in [-0.1, -0.05) is 6.07 Å². The van der Waals surface area contributed by atoms with Crippen LogP contribution in [0.25, 0.3) is 0 Å². The van der Waals surface area contributed by atoms with Gasteiger partial charge in [-0.3, -0.25) is 0 Å². The van der Waals surface area contributed by atoms with Gasteiger partial charge in [0.15, 0.2) is 5.11 Å². The summed E-state index contributed by atoms with van der Waals surface area (Å²) in [7, 11) is 0. The molecule has 0 amide bonds. The molecule has 0 spiro atoms. The number of anilines is 2. The third kappa shape index (κ3) is 3.22. The van der Waals surface area contributed by atoms with E-state index in [0.717, 1.165) is 23.4 Å². The largest absolute Gasteiger partial charge is 0.332 e. The predicted octanol–water partition coefficient (Wildman–Crippen LogP) is 4.43. The second-order valence-corrected chi connectivity index (χ2v) is 5.78. The maximum absolute atomic E-state index is 13.1. The van der Waals surface area contributed by atoms with Crippen LogP contribution in [0.4, 0.5) is 15.8 Å². The van der Waals surface area contributed by atoms with Crippen molar-refractivity contribution in [2.24, 2.45) is 0 Å². The summed E-state index contributed by atoms with van der Waals surface area (Å²) in [6.45, 7) is 1.85. The first kappa shape index (κ1) is 14.0. The lowest BCUT2D eigenvalue weighted by molar-refractivity contribution is 0.627. The van der Waals surface area contributed by atoms with Crippen molar-refractivity contribution in [1.82, 2.24) is 0 Å². The number of nitrogens with one attached hydrogen (secondary N) is 2. The third-order valence-electron chi connectivity index (χ3n) is 3.79. The standard InChI is InChI=1S/C17H17FN2S/c1-11-9-14(18)6-8-16(11)20-17(21)19-15-7-5-12-3-2-4-13(12)10-15/h5-10H,2-4H2,1H3,(H2,19,20,21). The molecule has 0 fully saturated rings. The minimum absolute atomic E-state index is 0.240. The smallest absolute Gasteiger partial charge is 0.175 e. The predicted molar refractivity (Wildman–Crippen MR) is 89.4 cm³/mol. The second kappa shape index (κ2) is 5.82. The molecule has 0 radical (unpaired) electrons. The van der Waals surface area contributed by atoms with Crippen molar-refractivity contribution in [1.29, 1.82) is 0 Å². The van der Waals surface area contributed by atoms with Crippen LogP contribution in [0, 0.1) is 12.7 Å². The molecule has 0 saturated carbocycles. The first-order valence-electron chi connectivity index (χ1n) is 7.08. The van der Waals surface area contributed by atoms with E-state index >= 15 is 0 Å². The third-order valence-corrected chi connectivity index (χ3v) is 4.00. The summed E-state index contributed by atoms with van der Waals surface area (Å²) in [6, 6.07) is 11.0. The highest BCUT2D eigenvalue weighted by atomic mass is 32.1. The molecule has 0 saturated heterocycles. The summed E-state index contributed by atoms with van der Waals surface area (Å²) < 4.78 is 13.1. The zero-order chi connectivity index (χ0) is 14.8. The molecule has 2 aromatic carbocycles. The lowest BCUT2D eigenvalue weighted by Gasteiger charge is -2.13. The van der Waals surface area contributed by atoms with E-state index in [-0.39, 0.29) is 5.82 Å². The maximum atomic E-state index is 13.1. The van der Waals surface area contributed by atoms with Gasteiger partial charge in [0.25, 0.3) is 0 Å². The Kier molecular flexibility index (Phi) is 3.88. The Hall–Kier alpha value is -1.94. The van der Waals surface area contributed by atoms with E-state index in [1.54, 1.807) is 6.07 Å². The van der Waals surface area contributed by atoms with Crippen molar-refractivity contribution < 1.29 is 4.39 Å². The highest BCUT2D eigenvalue weighted by Gasteiger charge is 2.11. The quantitative estimate of drug-likeness (QED) is 0.802. The molecule has 2 nitrogen and oxygen atoms in total. The van der Waals surface area contributed by atoms with Crippen LogP contribution in [0.3, 0.4) is 0 Å². The lowest BCUT2D eigenvalue weighted by atomic mass is 10.1. The fourth-order valence-corrected chi connectivity index (χ4v) is 2.93. The number of rotatable bonds is 2. The van der Waals surface area contributed by atoms with E-state index in [0.29, 0.717) is 5.11 Å². The highest BCUT2D eigenvalue weighted by Crippen LogP contribution is 2.25. The Morgan fingerprint density at radius 3 is 2.67 bits per heavy atom. The first-order chi connectivity index (χ1) is 10.1. The van der Waals surface area contributed by atoms with Crippen molar-refractivity contribution >= 4 is 28.7 Å². The topological polar surface area (TPSA) is 24.1 Å². The molecular weight excluding hydrogens is 283 g/mol. The first-order valence-corrected chi connectivity index (χ1v) is 7.48. The number of benzene rings is 2. The monoisotopic (exact) mass is 300 g/mol. The molecule has 1 aliphatic carbocycles. The Morgan fingerprint density at radius 1 is 1.05 bits per heavy atom. The van der Waals surface area contributed by atoms with Gasteiger partial charge in [-0.2, -0.15) is 0 Å². The number of thiocarbonyl (C=S) groups is 1. The van der Waals surface area contributed by atoms with E-state index in [4.69, 9.17) is 12.2 Å². The molecular formula is C17H17FN2S. The zero-order valence-corrected chi connectivity index (χ0v) is 12.7. The minimum Gasteiger partial charge on any atom is -0.332 e. The summed E-state index contributed by atoms with van der Waals surface area (Å²) >= 11 is 5.32. The lowest BCUT2D eigenvalue weighted by Crippen LogP contribution is -2.19. The molecule has 3 rings (SSSR count). The fourth-order valence-electron chi connectivity index (χ4n) is 2.70. The number of aryl methyl sites for hydroxylation is 3. The van der Waals surface area contributed by atoms with Crippen molar-refractivity contribution in [3.05, 3.63) is 58.9 Å². The average Bonchev–Trinajstić information content (AvgIpc) is 2.89. The van der Waals surface area contributed by atoms with Crippen molar-refractivity contribution in [3.63, 3.8) is 0 Å². The second-order valence-electron chi connectivity index (χ2n) is 5.38. The van der Waals surface area contributed by atoms with Crippen LogP contribution in [0.2, 0.25) is 0 Å². The Balaban J connectivity index is 1.69. The number of hydrogen-bond donors (Lipinski definition) is 2. The normalized spacial score (nSPS) is 12.9. The minimum atomic E-state index is -0.240. The molecule has 0 aromatic heterocycles. The Labute approximate surface area is 129 Å². The molecule has 2 N–H and O–H groups in total. The molecule has 0 aliphatic heterocycles. The van der Waals surface area contributed by atoms with Gasteiger partial charge in [-0.05, 0) is 85.4 Å². The molecule has 2 aromatic rings. The molecule has 0 bridgehead atoms. The highest BCUT2D eigenvalue weighted by molar-refractivity contribution is 7.80. The number of hydrogen-bond acceptors (Lipinski definition) is 1. The van der Waals surface area contributed by atoms with Crippen LogP contribution in [0.15, 0.2) is 36.4 Å². The molecule has 0 unspecified atom stereocenters. The van der Waals surface area contributed by atoms with Gasteiger partial charge in [0, 0.05) is 11.4 Å². The summed E-state index contributed by atoms with van der Waals surface area (Å²) in [5.41, 5.74) is 5.48. The molecule has 0 heterocycles. The van der Waals surface area contributed by atoms with E-state index in [2.05, 4.69) is 28.8 Å². The summed E-state index contributed by atoms with van der Waals surface area (Å²) in [6.07, 6.45) is 3.55. The van der Waals surface area contributed by atoms with Gasteiger partial charge in [0.2, 0.25) is 0 Å². The van der Waals surface area contributed by atoms with Crippen LogP contribution in [-0.4, -0.2) is 5.11 Å². The van der Waals surface area contributed by atoms with Gasteiger partial charge in [-0.25, -0.2) is 4.39 Å². The van der Waals surface area contributed by atoms with Crippen molar-refractivity contribution in [2.45, 2.75) is 26.2 Å². The van der Waals surface area contributed by atoms with Crippen molar-refractivity contribution in [3.8, 4) is 0 Å². The molecule has 21 heavy (non-hydrogen) atoms. The van der Waals surface area contributed by atoms with E-state index in [1.165, 1.54) is 36.1 Å². The van der Waals surface area contributed by atoms with Crippen LogP contribution in [-0.2, 0) is 12.8 Å². The van der Waals surface area contributed by atoms with E-state index in [9.17, 15) is 4.39 Å². The summed E-state index contributed by atoms with van der Waals surface area (Å²) in [5.74, 6) is -0.240. The SMILES string of the molecule is Cc1cc(F)ccc1NC(=S)Nc1ccc2c(c1)CCC2. The van der Waals surface area contributed by atoms with Gasteiger partial charge in [-0.15, -0.1) is 0 Å². The fraction of sp³-hybridized carbons (Fsp3) is 0.235. The van der Waals surface area contributed by atoms with Gasteiger partial charge < -0.3 is 10.6 Å². The van der Waals surface area contributed by atoms with Gasteiger partial charge >= 0.3 is 0 Å². The van der Waals surface area contributed by atoms with Gasteiger partial charge in [0.1, 0.15) is 5.82 Å². The number of fused-ring (bicyclic) bond motifs is 1. The maximum Gasteiger partial charge on any atom is 0.175 e. The molecule has 0 atom stereocenters. The average molecular weight is 300 g/mol. The summed E-state index contributed by atoms with van der Waals surface area (Å²) in [4.78, 5) is 0. The Bertz CT molecular complexity index is 697. The van der Waals surface area contributed by atoms with E-state index < -0.39 is 0 Å². The molecule has 108 valence electrons. The summed E-state index contributed by atoms with van der Waals surface area (Å²) in [5, 5.41) is 6.81. The van der Waals surface area contributed by atoms with Gasteiger partial charge in [0.05, 0.1) is 0 Å². The molecule has 4 heteroatoms. The zero-order valence-electron chi connectivity index (χ0n) is 11.9. The van der Waals surface area contributed by atoms with Crippen LogP contribution < -0.4 is 10.6 Å². The number of halogens is 1. The molecule has 1 aliphatic rings. The Morgan fingerprint density at radius 2 is 1.86 bits per heavy atom. The van der Waals surface area contributed by atoms with Crippen LogP contribution in [0.5, 0.6) is 0 Å². The van der Waals surface area contributed by atoms with Crippen LogP contribution in [0.1, 0.15) is 23.1 Å². The van der Waals surface area contributed by atoms with E-state index in [1.807, 2.05) is 6.92 Å². The van der Waals surface area contributed by atoms with Crippen LogP contribution >= 0.6 is 12.2 Å².